The molecule has 440 valence electrons. The van der Waals surface area contributed by atoms with Crippen LogP contribution in [-0.2, 0) is 17.9 Å². The molecule has 11 rings (SSSR count). The van der Waals surface area contributed by atoms with Crippen molar-refractivity contribution in [3.05, 3.63) is 163 Å². The number of amides is 1. The molecule has 0 radical (unpaired) electrons. The molecule has 4 aromatic heterocycles. The lowest BCUT2D eigenvalue weighted by Gasteiger charge is -2.29. The highest BCUT2D eigenvalue weighted by Crippen LogP contribution is 2.30. The highest BCUT2D eigenvalue weighted by molar-refractivity contribution is 6.58. The number of nitrogens with two attached hydrogens (primary N) is 1. The zero-order valence-corrected chi connectivity index (χ0v) is 47.4. The molecular formula is C63H76BF3N14O3. The first-order chi connectivity index (χ1) is 40.0. The van der Waals surface area contributed by atoms with Gasteiger partial charge in [-0.3, -0.25) is 4.79 Å². The van der Waals surface area contributed by atoms with Crippen LogP contribution in [0.2, 0.25) is 0 Å². The summed E-state index contributed by atoms with van der Waals surface area (Å²) in [5, 5.41) is 34.1. The molecule has 21 heteroatoms. The predicted octanol–water partition coefficient (Wildman–Crippen LogP) is 11.3. The summed E-state index contributed by atoms with van der Waals surface area (Å²) in [4.78, 5) is 39.9. The van der Waals surface area contributed by atoms with Crippen LogP contribution in [0.4, 0.5) is 36.7 Å². The average molecular weight is 1150 g/mol. The zero-order valence-electron chi connectivity index (χ0n) is 47.4. The lowest BCUT2D eigenvalue weighted by molar-refractivity contribution is -0.119. The summed E-state index contributed by atoms with van der Waals surface area (Å²) >= 11 is 0. The van der Waals surface area contributed by atoms with E-state index in [2.05, 4.69) is 97.6 Å². The summed E-state index contributed by atoms with van der Waals surface area (Å²) in [7, 11) is -1.51. The summed E-state index contributed by atoms with van der Waals surface area (Å²) in [5.74, 6) is 1.77. The Labute approximate surface area is 489 Å². The second kappa shape index (κ2) is 28.7. The quantitative estimate of drug-likeness (QED) is 0.0421. The van der Waals surface area contributed by atoms with Crippen LogP contribution in [0.3, 0.4) is 0 Å². The van der Waals surface area contributed by atoms with Crippen molar-refractivity contribution in [1.82, 2.24) is 44.4 Å². The van der Waals surface area contributed by atoms with Crippen molar-refractivity contribution in [1.29, 1.82) is 0 Å². The Kier molecular flexibility index (Phi) is 21.1. The maximum Gasteiger partial charge on any atom is 0.488 e. The van der Waals surface area contributed by atoms with Gasteiger partial charge in [-0.15, -0.1) is 0 Å². The zero-order chi connectivity index (χ0) is 58.6. The van der Waals surface area contributed by atoms with E-state index in [9.17, 15) is 18.0 Å². The van der Waals surface area contributed by atoms with Crippen LogP contribution in [0, 0.1) is 17.5 Å². The summed E-state index contributed by atoms with van der Waals surface area (Å²) in [5.41, 5.74) is 15.7. The second-order valence-corrected chi connectivity index (χ2v) is 21.8. The number of anilines is 4. The average Bonchev–Trinajstić information content (AvgIpc) is 3.07. The van der Waals surface area contributed by atoms with E-state index in [-0.39, 0.29) is 55.0 Å². The fourth-order valence-electron chi connectivity index (χ4n) is 10.2. The highest BCUT2D eigenvalue weighted by atomic mass is 19.1. The summed E-state index contributed by atoms with van der Waals surface area (Å²) in [6.45, 7) is 11.2. The second-order valence-electron chi connectivity index (χ2n) is 21.8. The molecule has 2 saturated carbocycles. The monoisotopic (exact) mass is 1140 g/mol. The number of halogens is 3. The number of carbonyl (C=O) groups excluding carboxylic acids is 1. The lowest BCUT2D eigenvalue weighted by Crippen LogP contribution is -2.39. The van der Waals surface area contributed by atoms with Gasteiger partial charge in [-0.05, 0) is 154 Å². The van der Waals surface area contributed by atoms with Crippen LogP contribution in [0.5, 0.6) is 0 Å². The van der Waals surface area contributed by atoms with Gasteiger partial charge >= 0.3 is 7.12 Å². The lowest BCUT2D eigenvalue weighted by atomic mass is 9.80. The molecule has 0 unspecified atom stereocenters. The largest absolute Gasteiger partial charge is 0.488 e. The number of carbonyl (C=O) groups is 1. The van der Waals surface area contributed by atoms with Gasteiger partial charge in [0.1, 0.15) is 17.5 Å². The number of nitrogens with one attached hydrogen (secondary N) is 5. The van der Waals surface area contributed by atoms with Gasteiger partial charge in [-0.1, -0.05) is 92.4 Å². The van der Waals surface area contributed by atoms with E-state index in [0.717, 1.165) is 107 Å². The van der Waals surface area contributed by atoms with Crippen LogP contribution < -0.4 is 37.8 Å². The van der Waals surface area contributed by atoms with E-state index < -0.39 is 7.12 Å². The van der Waals surface area contributed by atoms with Crippen LogP contribution in [0.15, 0.2) is 134 Å². The SMILES string of the molecule is C.CC(=O)NC1CCC(Nc2nc(NCc3ccc(-c4ccc(F)cc4)cc3)c3ncn(C(C)C)c3n2)CC1.CC(C)n1cnc2c(NCc3ccc(-c4ccc(F)cc4)cc3)nc(NC3CCC(N)CC3)nc21.OB(O)c1ccc(F)cc1. The molecule has 0 bridgehead atoms. The maximum absolute atomic E-state index is 13.3. The Morgan fingerprint density at radius 1 is 0.548 bits per heavy atom. The van der Waals surface area contributed by atoms with Crippen molar-refractivity contribution in [3.63, 3.8) is 0 Å². The van der Waals surface area contributed by atoms with Gasteiger partial charge in [0.05, 0.1) is 12.7 Å². The van der Waals surface area contributed by atoms with E-state index >= 15 is 0 Å². The predicted molar refractivity (Wildman–Crippen MR) is 330 cm³/mol. The van der Waals surface area contributed by atoms with Crippen molar-refractivity contribution in [2.75, 3.05) is 21.3 Å². The van der Waals surface area contributed by atoms with Gasteiger partial charge in [0.15, 0.2) is 34.0 Å². The minimum atomic E-state index is -1.51. The minimum Gasteiger partial charge on any atom is -0.423 e. The fourth-order valence-corrected chi connectivity index (χ4v) is 10.2. The molecule has 17 nitrogen and oxygen atoms in total. The molecule has 0 atom stereocenters. The normalized spacial score (nSPS) is 16.6. The Morgan fingerprint density at radius 3 is 1.25 bits per heavy atom. The molecule has 2 aliphatic carbocycles. The fraction of sp³-hybridized carbons (Fsp3) is 0.349. The molecule has 2 fully saturated rings. The van der Waals surface area contributed by atoms with Crippen molar-refractivity contribution >= 4 is 64.3 Å². The van der Waals surface area contributed by atoms with Gasteiger partial charge < -0.3 is 51.5 Å². The Hall–Kier alpha value is -8.40. The molecule has 9 N–H and O–H groups in total. The molecule has 2 aliphatic rings. The van der Waals surface area contributed by atoms with Crippen molar-refractivity contribution < 1.29 is 28.0 Å². The van der Waals surface area contributed by atoms with Gasteiger partial charge in [-0.2, -0.15) is 19.9 Å². The number of rotatable bonds is 16. The van der Waals surface area contributed by atoms with E-state index in [1.165, 1.54) is 48.5 Å². The topological polar surface area (TPSA) is 231 Å². The number of nitrogens with zero attached hydrogens (tertiary/aromatic N) is 8. The first-order valence-corrected chi connectivity index (χ1v) is 28.4. The number of aromatic nitrogens is 8. The third-order valence-corrected chi connectivity index (χ3v) is 14.9. The Balaban J connectivity index is 0.000000186. The standard InChI is InChI=1S/C29H34FN7O.C27H32FN7.C6H6BFO2.CH4/c1-18(2)37-17-32-26-27(31-16-20-4-6-21(7-5-20)22-8-10-23(30)11-9-22)35-29(36-28(26)37)34-25-14-12-24(13-15-25)33-19(3)38;1-17(2)35-16-31-24-25(33-27(34-26(24)35)32-23-13-11-22(29)12-14-23)30-15-18-3-5-19(6-4-18)20-7-9-21(28)10-8-20;8-6-3-1-5(2-4-6)7(9)10;/h4-11,17-18,24-25H,12-16H2,1-3H3,(H,33,38)(H2,31,34,35,36);3-10,16-17,22-23H,11-15,29H2,1-2H3,(H2,30,32,33,34);1-4,9-10H;1H4. The van der Waals surface area contributed by atoms with Gasteiger partial charge in [0.25, 0.3) is 0 Å². The molecule has 0 aliphatic heterocycles. The summed E-state index contributed by atoms with van der Waals surface area (Å²) < 4.78 is 42.8. The van der Waals surface area contributed by atoms with Gasteiger partial charge in [-0.25, -0.2) is 23.1 Å². The summed E-state index contributed by atoms with van der Waals surface area (Å²) in [6.07, 6.45) is 11.5. The minimum absolute atomic E-state index is 0. The first kappa shape index (κ1) is 61.7. The Bertz CT molecular complexity index is 3530. The maximum atomic E-state index is 13.3. The first-order valence-electron chi connectivity index (χ1n) is 28.4. The molecule has 84 heavy (non-hydrogen) atoms. The molecule has 1 amide bonds. The van der Waals surface area contributed by atoms with Gasteiger partial charge in [0.2, 0.25) is 17.8 Å². The van der Waals surface area contributed by atoms with Crippen LogP contribution in [0.1, 0.15) is 117 Å². The molecule has 4 heterocycles. The Morgan fingerprint density at radius 2 is 0.893 bits per heavy atom. The van der Waals surface area contributed by atoms with Crippen molar-refractivity contribution in [2.45, 2.75) is 143 Å². The number of imidazole rings is 2. The van der Waals surface area contributed by atoms with E-state index in [1.54, 1.807) is 31.2 Å². The third kappa shape index (κ3) is 16.4. The van der Waals surface area contributed by atoms with Gasteiger partial charge in [0, 0.05) is 56.3 Å². The highest BCUT2D eigenvalue weighted by Gasteiger charge is 2.25. The van der Waals surface area contributed by atoms with E-state index in [0.29, 0.717) is 54.2 Å². The molecule has 0 spiro atoms. The van der Waals surface area contributed by atoms with Crippen LogP contribution >= 0.6 is 0 Å². The summed E-state index contributed by atoms with van der Waals surface area (Å²) in [6, 6.07) is 36.0. The van der Waals surface area contributed by atoms with Crippen molar-refractivity contribution in [2.24, 2.45) is 5.73 Å². The molecular weight excluding hydrogens is 1070 g/mol. The molecule has 9 aromatic rings. The third-order valence-electron chi connectivity index (χ3n) is 14.9. The van der Waals surface area contributed by atoms with E-state index in [4.69, 9.17) is 35.7 Å². The number of fused-ring (bicyclic) bond motifs is 2. The molecule has 5 aromatic carbocycles. The van der Waals surface area contributed by atoms with Crippen molar-refractivity contribution in [3.8, 4) is 22.3 Å². The van der Waals surface area contributed by atoms with Crippen LogP contribution in [-0.4, -0.2) is 86.3 Å². The number of hydrogen-bond donors (Lipinski definition) is 8. The van der Waals surface area contributed by atoms with Crippen LogP contribution in [0.25, 0.3) is 44.6 Å². The smallest absolute Gasteiger partial charge is 0.423 e. The van der Waals surface area contributed by atoms with E-state index in [1.807, 2.05) is 36.9 Å². The molecule has 0 saturated heterocycles. The number of benzene rings is 5. The number of hydrogen-bond acceptors (Lipinski definition) is 14.